The first kappa shape index (κ1) is 18.1. The van der Waals surface area contributed by atoms with Gasteiger partial charge in [-0.2, -0.15) is 0 Å². The summed E-state index contributed by atoms with van der Waals surface area (Å²) in [7, 11) is 0. The summed E-state index contributed by atoms with van der Waals surface area (Å²) in [5, 5.41) is 6.06. The van der Waals surface area contributed by atoms with Gasteiger partial charge in [0, 0.05) is 27.1 Å². The summed E-state index contributed by atoms with van der Waals surface area (Å²) in [6.45, 7) is 5.86. The zero-order valence-electron chi connectivity index (χ0n) is 14.8. The zero-order chi connectivity index (χ0) is 18.7. The van der Waals surface area contributed by atoms with E-state index in [-0.39, 0.29) is 5.91 Å². The van der Waals surface area contributed by atoms with Crippen LogP contribution in [0.15, 0.2) is 53.0 Å². The van der Waals surface area contributed by atoms with Crippen LogP contribution in [0.4, 0.5) is 17.3 Å². The molecule has 1 aromatic heterocycles. The van der Waals surface area contributed by atoms with E-state index in [1.54, 1.807) is 12.1 Å². The lowest BCUT2D eigenvalue weighted by Crippen LogP contribution is -2.12. The van der Waals surface area contributed by atoms with Crippen molar-refractivity contribution in [1.29, 1.82) is 0 Å². The molecule has 0 aliphatic rings. The second-order valence-corrected chi connectivity index (χ2v) is 6.97. The van der Waals surface area contributed by atoms with Crippen LogP contribution < -0.4 is 10.6 Å². The normalized spacial score (nSPS) is 10.5. The molecule has 0 spiro atoms. The fraction of sp³-hybridized carbons (Fsp3) is 0.150. The Morgan fingerprint density at radius 2 is 1.58 bits per heavy atom. The van der Waals surface area contributed by atoms with Gasteiger partial charge in [-0.3, -0.25) is 4.79 Å². The SMILES string of the molecule is Cc1ccc(NC(=O)c2ccc(Nc3nc(C)cc(C)n3)cc2)c(Br)c1. The molecule has 0 aliphatic carbocycles. The van der Waals surface area contributed by atoms with Crippen LogP contribution in [0, 0.1) is 20.8 Å². The molecule has 6 heteroatoms. The summed E-state index contributed by atoms with van der Waals surface area (Å²) in [5.41, 5.74) is 5.07. The van der Waals surface area contributed by atoms with Crippen molar-refractivity contribution in [3.63, 3.8) is 0 Å². The molecule has 26 heavy (non-hydrogen) atoms. The molecule has 0 fully saturated rings. The number of halogens is 1. The second kappa shape index (κ2) is 7.66. The summed E-state index contributed by atoms with van der Waals surface area (Å²) in [5.74, 6) is 0.382. The van der Waals surface area contributed by atoms with E-state index in [9.17, 15) is 4.79 Å². The lowest BCUT2D eigenvalue weighted by Gasteiger charge is -2.10. The van der Waals surface area contributed by atoms with Crippen molar-refractivity contribution < 1.29 is 4.79 Å². The molecule has 1 heterocycles. The predicted molar refractivity (Wildman–Crippen MR) is 108 cm³/mol. The van der Waals surface area contributed by atoms with Gasteiger partial charge in [0.05, 0.1) is 5.69 Å². The topological polar surface area (TPSA) is 66.9 Å². The fourth-order valence-electron chi connectivity index (χ4n) is 2.53. The number of carbonyl (C=O) groups excluding carboxylic acids is 1. The number of benzene rings is 2. The predicted octanol–water partition coefficient (Wildman–Crippen LogP) is 5.16. The highest BCUT2D eigenvalue weighted by Gasteiger charge is 2.09. The van der Waals surface area contributed by atoms with E-state index >= 15 is 0 Å². The summed E-state index contributed by atoms with van der Waals surface area (Å²) in [6.07, 6.45) is 0. The van der Waals surface area contributed by atoms with Crippen molar-refractivity contribution in [2.24, 2.45) is 0 Å². The molecule has 132 valence electrons. The molecule has 2 aromatic carbocycles. The number of aromatic nitrogens is 2. The Morgan fingerprint density at radius 3 is 2.19 bits per heavy atom. The maximum absolute atomic E-state index is 12.4. The molecule has 0 saturated carbocycles. The number of aryl methyl sites for hydroxylation is 3. The summed E-state index contributed by atoms with van der Waals surface area (Å²) in [6, 6.07) is 14.9. The van der Waals surface area contributed by atoms with E-state index in [0.717, 1.165) is 32.8 Å². The van der Waals surface area contributed by atoms with Crippen LogP contribution in [0.2, 0.25) is 0 Å². The molecular weight excluding hydrogens is 392 g/mol. The van der Waals surface area contributed by atoms with Crippen LogP contribution in [-0.2, 0) is 0 Å². The van der Waals surface area contributed by atoms with Crippen molar-refractivity contribution >= 4 is 39.2 Å². The third-order valence-electron chi connectivity index (χ3n) is 3.76. The van der Waals surface area contributed by atoms with Crippen molar-refractivity contribution in [3.8, 4) is 0 Å². The fourth-order valence-corrected chi connectivity index (χ4v) is 3.12. The molecule has 0 unspecified atom stereocenters. The highest BCUT2D eigenvalue weighted by atomic mass is 79.9. The lowest BCUT2D eigenvalue weighted by atomic mass is 10.1. The highest BCUT2D eigenvalue weighted by Crippen LogP contribution is 2.24. The Kier molecular flexibility index (Phi) is 5.32. The number of carbonyl (C=O) groups is 1. The number of hydrogen-bond acceptors (Lipinski definition) is 4. The van der Waals surface area contributed by atoms with Gasteiger partial charge in [0.15, 0.2) is 0 Å². The van der Waals surface area contributed by atoms with Gasteiger partial charge in [0.2, 0.25) is 5.95 Å². The molecule has 5 nitrogen and oxygen atoms in total. The van der Waals surface area contributed by atoms with Gasteiger partial charge in [0.25, 0.3) is 5.91 Å². The molecular formula is C20H19BrN4O. The third-order valence-corrected chi connectivity index (χ3v) is 4.41. The molecule has 0 saturated heterocycles. The summed E-state index contributed by atoms with van der Waals surface area (Å²) in [4.78, 5) is 21.1. The van der Waals surface area contributed by atoms with Crippen molar-refractivity contribution in [3.05, 3.63) is 75.5 Å². The molecule has 0 atom stereocenters. The summed E-state index contributed by atoms with van der Waals surface area (Å²) < 4.78 is 0.858. The first-order chi connectivity index (χ1) is 12.4. The maximum Gasteiger partial charge on any atom is 0.255 e. The van der Waals surface area contributed by atoms with Crippen LogP contribution in [0.25, 0.3) is 0 Å². The van der Waals surface area contributed by atoms with Gasteiger partial charge in [-0.05, 0) is 84.7 Å². The Bertz CT molecular complexity index is 934. The highest BCUT2D eigenvalue weighted by molar-refractivity contribution is 9.10. The number of nitrogens with zero attached hydrogens (tertiary/aromatic N) is 2. The van der Waals surface area contributed by atoms with Crippen molar-refractivity contribution in [1.82, 2.24) is 9.97 Å². The molecule has 3 aromatic rings. The molecule has 2 N–H and O–H groups in total. The average molecular weight is 411 g/mol. The molecule has 1 amide bonds. The summed E-state index contributed by atoms with van der Waals surface area (Å²) >= 11 is 3.47. The van der Waals surface area contributed by atoms with Crippen molar-refractivity contribution in [2.75, 3.05) is 10.6 Å². The third kappa shape index (κ3) is 4.46. The van der Waals surface area contributed by atoms with Gasteiger partial charge in [-0.15, -0.1) is 0 Å². The van der Waals surface area contributed by atoms with Gasteiger partial charge in [-0.1, -0.05) is 6.07 Å². The van der Waals surface area contributed by atoms with E-state index in [1.807, 2.05) is 57.2 Å². The van der Waals surface area contributed by atoms with E-state index in [4.69, 9.17) is 0 Å². The van der Waals surface area contributed by atoms with E-state index in [0.29, 0.717) is 11.5 Å². The standard InChI is InChI=1S/C20H19BrN4O/c1-12-4-9-18(17(21)10-12)25-19(26)15-5-7-16(8-6-15)24-20-22-13(2)11-14(3)23-20/h4-11H,1-3H3,(H,25,26)(H,22,23,24). The number of amides is 1. The smallest absolute Gasteiger partial charge is 0.255 e. The van der Waals surface area contributed by atoms with E-state index in [1.165, 1.54) is 0 Å². The number of hydrogen-bond donors (Lipinski definition) is 2. The largest absolute Gasteiger partial charge is 0.324 e. The Morgan fingerprint density at radius 1 is 0.923 bits per heavy atom. The Balaban J connectivity index is 1.71. The monoisotopic (exact) mass is 410 g/mol. The molecule has 3 rings (SSSR count). The van der Waals surface area contributed by atoms with Crippen LogP contribution in [0.5, 0.6) is 0 Å². The quantitative estimate of drug-likeness (QED) is 0.623. The minimum absolute atomic E-state index is 0.163. The Labute approximate surface area is 161 Å². The molecule has 0 bridgehead atoms. The second-order valence-electron chi connectivity index (χ2n) is 6.11. The van der Waals surface area contributed by atoms with Crippen LogP contribution in [0.1, 0.15) is 27.3 Å². The number of nitrogens with one attached hydrogen (secondary N) is 2. The lowest BCUT2D eigenvalue weighted by molar-refractivity contribution is 0.102. The van der Waals surface area contributed by atoms with E-state index in [2.05, 4.69) is 36.5 Å². The van der Waals surface area contributed by atoms with Crippen LogP contribution in [0.3, 0.4) is 0 Å². The van der Waals surface area contributed by atoms with Gasteiger partial charge < -0.3 is 10.6 Å². The van der Waals surface area contributed by atoms with Gasteiger partial charge in [-0.25, -0.2) is 9.97 Å². The number of rotatable bonds is 4. The van der Waals surface area contributed by atoms with Crippen LogP contribution >= 0.6 is 15.9 Å². The minimum Gasteiger partial charge on any atom is -0.324 e. The maximum atomic E-state index is 12.4. The van der Waals surface area contributed by atoms with Gasteiger partial charge >= 0.3 is 0 Å². The average Bonchev–Trinajstić information content (AvgIpc) is 2.57. The number of anilines is 3. The van der Waals surface area contributed by atoms with Crippen molar-refractivity contribution in [2.45, 2.75) is 20.8 Å². The minimum atomic E-state index is -0.163. The molecule has 0 radical (unpaired) electrons. The van der Waals surface area contributed by atoms with Gasteiger partial charge in [0.1, 0.15) is 0 Å². The first-order valence-electron chi connectivity index (χ1n) is 8.17. The Hall–Kier alpha value is -2.73. The first-order valence-corrected chi connectivity index (χ1v) is 8.97. The van der Waals surface area contributed by atoms with E-state index < -0.39 is 0 Å². The zero-order valence-corrected chi connectivity index (χ0v) is 16.4. The van der Waals surface area contributed by atoms with Crippen LogP contribution in [-0.4, -0.2) is 15.9 Å². The molecule has 0 aliphatic heterocycles.